The molecule has 1 fully saturated rings. The van der Waals surface area contributed by atoms with Crippen molar-refractivity contribution in [3.05, 3.63) is 0 Å². The summed E-state index contributed by atoms with van der Waals surface area (Å²) in [6.07, 6.45) is 4.01. The van der Waals surface area contributed by atoms with E-state index in [9.17, 15) is 4.79 Å². The third kappa shape index (κ3) is 3.47. The average molecular weight is 214 g/mol. The third-order valence-corrected chi connectivity index (χ3v) is 3.37. The number of amides is 1. The van der Waals surface area contributed by atoms with Gasteiger partial charge in [-0.05, 0) is 31.1 Å². The van der Waals surface area contributed by atoms with Crippen LogP contribution in [0.25, 0.3) is 0 Å². The van der Waals surface area contributed by atoms with Gasteiger partial charge in [-0.3, -0.25) is 4.79 Å². The van der Waals surface area contributed by atoms with E-state index in [-0.39, 0.29) is 18.6 Å². The molecule has 15 heavy (non-hydrogen) atoms. The molecule has 1 rings (SSSR count). The van der Waals surface area contributed by atoms with Crippen molar-refractivity contribution in [2.24, 2.45) is 17.6 Å². The van der Waals surface area contributed by atoms with Crippen molar-refractivity contribution in [1.82, 2.24) is 5.32 Å². The Bertz CT molecular complexity index is 209. The van der Waals surface area contributed by atoms with Crippen LogP contribution < -0.4 is 11.1 Å². The van der Waals surface area contributed by atoms with E-state index in [4.69, 9.17) is 10.8 Å². The highest BCUT2D eigenvalue weighted by Gasteiger charge is 2.27. The molecule has 4 nitrogen and oxygen atoms in total. The summed E-state index contributed by atoms with van der Waals surface area (Å²) in [7, 11) is 0. The molecule has 0 heterocycles. The first-order chi connectivity index (χ1) is 7.19. The standard InChI is InChI=1S/C11H22N2O2/c1-2-10(12)11(15)13-6-8-4-3-5-9(8)7-14/h8-10,14H,2-7,12H2,1H3,(H,13,15). The van der Waals surface area contributed by atoms with Crippen LogP contribution in [-0.4, -0.2) is 30.2 Å². The Labute approximate surface area is 91.2 Å². The van der Waals surface area contributed by atoms with Gasteiger partial charge in [-0.25, -0.2) is 0 Å². The van der Waals surface area contributed by atoms with Crippen molar-refractivity contribution < 1.29 is 9.90 Å². The molecule has 0 radical (unpaired) electrons. The van der Waals surface area contributed by atoms with Gasteiger partial charge in [0.05, 0.1) is 6.04 Å². The molecule has 0 aromatic rings. The van der Waals surface area contributed by atoms with E-state index in [1.807, 2.05) is 6.92 Å². The summed E-state index contributed by atoms with van der Waals surface area (Å²) < 4.78 is 0. The highest BCUT2D eigenvalue weighted by Crippen LogP contribution is 2.30. The van der Waals surface area contributed by atoms with Crippen LogP contribution in [0.4, 0.5) is 0 Å². The van der Waals surface area contributed by atoms with Gasteiger partial charge in [0.1, 0.15) is 0 Å². The number of aliphatic hydroxyl groups is 1. The molecule has 0 aromatic heterocycles. The van der Waals surface area contributed by atoms with Crippen LogP contribution in [0.5, 0.6) is 0 Å². The van der Waals surface area contributed by atoms with Crippen molar-refractivity contribution in [3.63, 3.8) is 0 Å². The molecule has 0 aromatic carbocycles. The van der Waals surface area contributed by atoms with E-state index < -0.39 is 0 Å². The first-order valence-corrected chi connectivity index (χ1v) is 5.83. The maximum atomic E-state index is 11.4. The molecule has 0 saturated heterocycles. The van der Waals surface area contributed by atoms with Gasteiger partial charge in [-0.2, -0.15) is 0 Å². The number of nitrogens with two attached hydrogens (primary N) is 1. The van der Waals surface area contributed by atoms with Gasteiger partial charge in [0.25, 0.3) is 0 Å². The number of rotatable bonds is 5. The number of hydrogen-bond acceptors (Lipinski definition) is 3. The predicted molar refractivity (Wildman–Crippen MR) is 59.2 cm³/mol. The lowest BCUT2D eigenvalue weighted by molar-refractivity contribution is -0.122. The van der Waals surface area contributed by atoms with Crippen molar-refractivity contribution in [3.8, 4) is 0 Å². The molecule has 4 heteroatoms. The monoisotopic (exact) mass is 214 g/mol. The Morgan fingerprint density at radius 1 is 1.53 bits per heavy atom. The minimum absolute atomic E-state index is 0.0684. The fourth-order valence-electron chi connectivity index (χ4n) is 2.17. The van der Waals surface area contributed by atoms with Crippen LogP contribution in [0.1, 0.15) is 32.6 Å². The summed E-state index contributed by atoms with van der Waals surface area (Å²) in [4.78, 5) is 11.4. The van der Waals surface area contributed by atoms with E-state index in [1.165, 1.54) is 0 Å². The summed E-state index contributed by atoms with van der Waals surface area (Å²) in [5.41, 5.74) is 5.61. The van der Waals surface area contributed by atoms with Crippen molar-refractivity contribution in [1.29, 1.82) is 0 Å². The Balaban J connectivity index is 2.27. The van der Waals surface area contributed by atoms with E-state index in [1.54, 1.807) is 0 Å². The zero-order valence-corrected chi connectivity index (χ0v) is 9.41. The van der Waals surface area contributed by atoms with Crippen LogP contribution in [-0.2, 0) is 4.79 Å². The lowest BCUT2D eigenvalue weighted by Gasteiger charge is -2.19. The van der Waals surface area contributed by atoms with E-state index in [0.29, 0.717) is 24.8 Å². The molecule has 3 unspecified atom stereocenters. The number of carbonyl (C=O) groups excluding carboxylic acids is 1. The molecule has 1 aliphatic rings. The van der Waals surface area contributed by atoms with Gasteiger partial charge in [0.2, 0.25) is 5.91 Å². The Morgan fingerprint density at radius 3 is 2.80 bits per heavy atom. The second-order valence-electron chi connectivity index (χ2n) is 4.39. The second-order valence-corrected chi connectivity index (χ2v) is 4.39. The molecule has 0 spiro atoms. The fraction of sp³-hybridized carbons (Fsp3) is 0.909. The second kappa shape index (κ2) is 6.08. The fourth-order valence-corrected chi connectivity index (χ4v) is 2.17. The first kappa shape index (κ1) is 12.5. The molecule has 1 saturated carbocycles. The van der Waals surface area contributed by atoms with Crippen molar-refractivity contribution in [2.75, 3.05) is 13.2 Å². The highest BCUT2D eigenvalue weighted by atomic mass is 16.3. The van der Waals surface area contributed by atoms with Crippen molar-refractivity contribution >= 4 is 5.91 Å². The number of nitrogens with one attached hydrogen (secondary N) is 1. The predicted octanol–water partition coefficient (Wildman–Crippen LogP) is 0.248. The molecule has 3 atom stereocenters. The largest absolute Gasteiger partial charge is 0.396 e. The zero-order valence-electron chi connectivity index (χ0n) is 9.41. The molecule has 0 bridgehead atoms. The van der Waals surface area contributed by atoms with Gasteiger partial charge in [0.15, 0.2) is 0 Å². The summed E-state index contributed by atoms with van der Waals surface area (Å²) in [6.45, 7) is 2.80. The Kier molecular flexibility index (Phi) is 5.05. The Hall–Kier alpha value is -0.610. The summed E-state index contributed by atoms with van der Waals surface area (Å²) >= 11 is 0. The van der Waals surface area contributed by atoms with Gasteiger partial charge < -0.3 is 16.2 Å². The summed E-state index contributed by atoms with van der Waals surface area (Å²) in [5, 5.41) is 12.0. The number of carbonyl (C=O) groups is 1. The van der Waals surface area contributed by atoms with Crippen molar-refractivity contribution in [2.45, 2.75) is 38.6 Å². The van der Waals surface area contributed by atoms with Crippen LogP contribution in [0.3, 0.4) is 0 Å². The average Bonchev–Trinajstić information content (AvgIpc) is 2.71. The van der Waals surface area contributed by atoms with Crippen LogP contribution in [0.2, 0.25) is 0 Å². The lowest BCUT2D eigenvalue weighted by atomic mass is 9.97. The number of aliphatic hydroxyl groups excluding tert-OH is 1. The van der Waals surface area contributed by atoms with E-state index >= 15 is 0 Å². The highest BCUT2D eigenvalue weighted by molar-refractivity contribution is 5.81. The van der Waals surface area contributed by atoms with Gasteiger partial charge in [0, 0.05) is 13.2 Å². The molecule has 0 aliphatic heterocycles. The van der Waals surface area contributed by atoms with E-state index in [2.05, 4.69) is 5.32 Å². The lowest BCUT2D eigenvalue weighted by Crippen LogP contribution is -2.42. The zero-order chi connectivity index (χ0) is 11.3. The third-order valence-electron chi connectivity index (χ3n) is 3.37. The minimum Gasteiger partial charge on any atom is -0.396 e. The summed E-state index contributed by atoms with van der Waals surface area (Å²) in [6, 6.07) is -0.390. The molecule has 1 amide bonds. The maximum absolute atomic E-state index is 11.4. The van der Waals surface area contributed by atoms with Crippen LogP contribution in [0, 0.1) is 11.8 Å². The minimum atomic E-state index is -0.390. The quantitative estimate of drug-likeness (QED) is 0.614. The van der Waals surface area contributed by atoms with Gasteiger partial charge >= 0.3 is 0 Å². The molecular weight excluding hydrogens is 192 g/mol. The van der Waals surface area contributed by atoms with Gasteiger partial charge in [-0.15, -0.1) is 0 Å². The smallest absolute Gasteiger partial charge is 0.236 e. The first-order valence-electron chi connectivity index (χ1n) is 5.83. The maximum Gasteiger partial charge on any atom is 0.236 e. The topological polar surface area (TPSA) is 75.4 Å². The van der Waals surface area contributed by atoms with Crippen LogP contribution in [0.15, 0.2) is 0 Å². The summed E-state index contributed by atoms with van der Waals surface area (Å²) in [5.74, 6) is 0.729. The SMILES string of the molecule is CCC(N)C(=O)NCC1CCCC1CO. The molecule has 4 N–H and O–H groups in total. The normalized spacial score (nSPS) is 27.7. The Morgan fingerprint density at radius 2 is 2.20 bits per heavy atom. The van der Waals surface area contributed by atoms with Gasteiger partial charge in [-0.1, -0.05) is 13.3 Å². The number of hydrogen-bond donors (Lipinski definition) is 3. The molecular formula is C11H22N2O2. The molecule has 88 valence electrons. The molecule has 1 aliphatic carbocycles. The van der Waals surface area contributed by atoms with Crippen LogP contribution >= 0.6 is 0 Å². The van der Waals surface area contributed by atoms with E-state index in [0.717, 1.165) is 19.3 Å².